The fraction of sp³-hybridized carbons (Fsp3) is 0.158. The van der Waals surface area contributed by atoms with Gasteiger partial charge in [-0.1, -0.05) is 38.1 Å². The maximum atomic E-state index is 12.4. The van der Waals surface area contributed by atoms with Gasteiger partial charge in [0.15, 0.2) is 5.13 Å². The van der Waals surface area contributed by atoms with Gasteiger partial charge in [-0.15, -0.1) is 11.3 Å². The molecule has 0 radical (unpaired) electrons. The summed E-state index contributed by atoms with van der Waals surface area (Å²) in [4.78, 5) is 4.47. The van der Waals surface area contributed by atoms with Crippen LogP contribution in [-0.4, -0.2) is 13.4 Å². The minimum Gasteiger partial charge on any atom is -0.255 e. The SMILES string of the molecule is CC(C)c1ccc(-c2csc(NS(=O)(=O)c3ccc(C#N)cc3)n2)cc1. The summed E-state index contributed by atoms with van der Waals surface area (Å²) in [6.45, 7) is 4.27. The molecule has 2 aromatic carbocycles. The molecule has 0 bridgehead atoms. The second-order valence-electron chi connectivity index (χ2n) is 6.06. The monoisotopic (exact) mass is 383 g/mol. The molecule has 0 spiro atoms. The minimum absolute atomic E-state index is 0.0922. The van der Waals surface area contributed by atoms with Gasteiger partial charge in [0, 0.05) is 10.9 Å². The Hall–Kier alpha value is -2.69. The van der Waals surface area contributed by atoms with E-state index in [1.165, 1.54) is 41.2 Å². The Labute approximate surface area is 157 Å². The maximum Gasteiger partial charge on any atom is 0.263 e. The van der Waals surface area contributed by atoms with Crippen molar-refractivity contribution in [1.82, 2.24) is 4.98 Å². The van der Waals surface area contributed by atoms with Gasteiger partial charge in [-0.05, 0) is 35.7 Å². The van der Waals surface area contributed by atoms with Crippen LogP contribution in [0.25, 0.3) is 11.3 Å². The van der Waals surface area contributed by atoms with E-state index in [0.29, 0.717) is 16.6 Å². The number of sulfonamides is 1. The van der Waals surface area contributed by atoms with E-state index in [2.05, 4.69) is 35.7 Å². The third kappa shape index (κ3) is 3.93. The largest absolute Gasteiger partial charge is 0.263 e. The molecule has 1 N–H and O–H groups in total. The van der Waals surface area contributed by atoms with Crippen LogP contribution >= 0.6 is 11.3 Å². The van der Waals surface area contributed by atoms with Gasteiger partial charge in [-0.2, -0.15) is 5.26 Å². The number of hydrogen-bond donors (Lipinski definition) is 1. The summed E-state index contributed by atoms with van der Waals surface area (Å²) in [6.07, 6.45) is 0. The molecule has 1 heterocycles. The standard InChI is InChI=1S/C19H17N3O2S2/c1-13(2)15-5-7-16(8-6-15)18-12-25-19(21-18)22-26(23,24)17-9-3-14(11-20)4-10-17/h3-10,12-13H,1-2H3,(H,21,22). The average molecular weight is 383 g/mol. The van der Waals surface area contributed by atoms with E-state index in [0.717, 1.165) is 11.3 Å². The molecule has 132 valence electrons. The van der Waals surface area contributed by atoms with Crippen LogP contribution in [0, 0.1) is 11.3 Å². The van der Waals surface area contributed by atoms with Crippen LogP contribution in [0.1, 0.15) is 30.9 Å². The Morgan fingerprint density at radius 1 is 1.08 bits per heavy atom. The van der Waals surface area contributed by atoms with E-state index in [9.17, 15) is 8.42 Å². The zero-order chi connectivity index (χ0) is 18.7. The number of nitrogens with one attached hydrogen (secondary N) is 1. The van der Waals surface area contributed by atoms with Crippen molar-refractivity contribution in [3.05, 3.63) is 65.0 Å². The topological polar surface area (TPSA) is 82.9 Å². The second-order valence-corrected chi connectivity index (χ2v) is 8.60. The molecule has 3 aromatic rings. The Morgan fingerprint density at radius 2 is 1.73 bits per heavy atom. The third-order valence-electron chi connectivity index (χ3n) is 3.89. The fourth-order valence-electron chi connectivity index (χ4n) is 2.37. The first-order valence-corrected chi connectivity index (χ1v) is 10.3. The van der Waals surface area contributed by atoms with Crippen molar-refractivity contribution in [2.45, 2.75) is 24.7 Å². The fourth-order valence-corrected chi connectivity index (χ4v) is 4.35. The quantitative estimate of drug-likeness (QED) is 0.697. The zero-order valence-electron chi connectivity index (χ0n) is 14.3. The van der Waals surface area contributed by atoms with Crippen molar-refractivity contribution in [2.75, 3.05) is 4.72 Å². The van der Waals surface area contributed by atoms with Crippen LogP contribution in [0.15, 0.2) is 58.8 Å². The zero-order valence-corrected chi connectivity index (χ0v) is 15.9. The highest BCUT2D eigenvalue weighted by molar-refractivity contribution is 7.93. The summed E-state index contributed by atoms with van der Waals surface area (Å²) < 4.78 is 27.4. The van der Waals surface area contributed by atoms with E-state index < -0.39 is 10.0 Å². The molecule has 3 rings (SSSR count). The highest BCUT2D eigenvalue weighted by atomic mass is 32.2. The van der Waals surface area contributed by atoms with E-state index in [4.69, 9.17) is 5.26 Å². The van der Waals surface area contributed by atoms with Gasteiger partial charge < -0.3 is 0 Å². The molecule has 0 unspecified atom stereocenters. The highest BCUT2D eigenvalue weighted by Gasteiger charge is 2.16. The van der Waals surface area contributed by atoms with Gasteiger partial charge in [0.25, 0.3) is 10.0 Å². The first kappa shape index (κ1) is 18.1. The molecule has 0 saturated heterocycles. The molecule has 0 amide bonds. The number of hydrogen-bond acceptors (Lipinski definition) is 5. The number of rotatable bonds is 5. The van der Waals surface area contributed by atoms with Gasteiger partial charge in [-0.25, -0.2) is 13.4 Å². The van der Waals surface area contributed by atoms with Crippen LogP contribution in [0.5, 0.6) is 0 Å². The summed E-state index contributed by atoms with van der Waals surface area (Å²) >= 11 is 1.23. The molecule has 0 aliphatic carbocycles. The van der Waals surface area contributed by atoms with Crippen molar-refractivity contribution in [3.63, 3.8) is 0 Å². The smallest absolute Gasteiger partial charge is 0.255 e. The first-order chi connectivity index (χ1) is 12.4. The third-order valence-corrected chi connectivity index (χ3v) is 6.13. The number of benzene rings is 2. The van der Waals surface area contributed by atoms with Crippen LogP contribution in [0.4, 0.5) is 5.13 Å². The Morgan fingerprint density at radius 3 is 2.31 bits per heavy atom. The van der Waals surface area contributed by atoms with E-state index in [1.807, 2.05) is 23.6 Å². The summed E-state index contributed by atoms with van der Waals surface area (Å²) in [7, 11) is -3.74. The van der Waals surface area contributed by atoms with Gasteiger partial charge in [0.2, 0.25) is 0 Å². The number of aromatic nitrogens is 1. The van der Waals surface area contributed by atoms with Gasteiger partial charge in [0.1, 0.15) is 0 Å². The van der Waals surface area contributed by atoms with E-state index >= 15 is 0 Å². The lowest BCUT2D eigenvalue weighted by Crippen LogP contribution is -2.12. The minimum atomic E-state index is -3.74. The molecule has 0 fully saturated rings. The molecule has 1 aromatic heterocycles. The summed E-state index contributed by atoms with van der Waals surface area (Å²) in [6, 6.07) is 15.8. The van der Waals surface area contributed by atoms with Crippen molar-refractivity contribution in [1.29, 1.82) is 5.26 Å². The van der Waals surface area contributed by atoms with Crippen LogP contribution in [0.2, 0.25) is 0 Å². The number of nitriles is 1. The number of nitrogens with zero attached hydrogens (tertiary/aromatic N) is 2. The molecule has 0 atom stereocenters. The molecule has 5 nitrogen and oxygen atoms in total. The van der Waals surface area contributed by atoms with Gasteiger partial charge in [-0.3, -0.25) is 4.72 Å². The maximum absolute atomic E-state index is 12.4. The number of anilines is 1. The Kier molecular flexibility index (Phi) is 5.07. The average Bonchev–Trinajstić information content (AvgIpc) is 3.09. The Balaban J connectivity index is 1.80. The normalized spacial score (nSPS) is 11.3. The van der Waals surface area contributed by atoms with Crippen LogP contribution < -0.4 is 4.72 Å². The van der Waals surface area contributed by atoms with E-state index in [-0.39, 0.29) is 4.90 Å². The lowest BCUT2D eigenvalue weighted by Gasteiger charge is -2.06. The molecule has 0 aliphatic rings. The van der Waals surface area contributed by atoms with Crippen LogP contribution in [-0.2, 0) is 10.0 Å². The second kappa shape index (κ2) is 7.28. The lowest BCUT2D eigenvalue weighted by molar-refractivity contribution is 0.601. The summed E-state index contributed by atoms with van der Waals surface area (Å²) in [5.74, 6) is 0.453. The molecular weight excluding hydrogens is 366 g/mol. The predicted octanol–water partition coefficient (Wildman–Crippen LogP) is 4.61. The van der Waals surface area contributed by atoms with Crippen molar-refractivity contribution in [3.8, 4) is 17.3 Å². The van der Waals surface area contributed by atoms with Crippen molar-refractivity contribution >= 4 is 26.5 Å². The van der Waals surface area contributed by atoms with Gasteiger partial charge in [0.05, 0.1) is 22.2 Å². The molecule has 26 heavy (non-hydrogen) atoms. The van der Waals surface area contributed by atoms with Crippen molar-refractivity contribution < 1.29 is 8.42 Å². The summed E-state index contributed by atoms with van der Waals surface area (Å²) in [5, 5.41) is 10.9. The molecule has 0 aliphatic heterocycles. The number of thiazole rings is 1. The van der Waals surface area contributed by atoms with Crippen molar-refractivity contribution in [2.24, 2.45) is 0 Å². The predicted molar refractivity (Wildman–Crippen MR) is 104 cm³/mol. The Bertz CT molecular complexity index is 1050. The lowest BCUT2D eigenvalue weighted by atomic mass is 10.0. The molecule has 7 heteroatoms. The van der Waals surface area contributed by atoms with Gasteiger partial charge >= 0.3 is 0 Å². The summed E-state index contributed by atoms with van der Waals surface area (Å²) in [5.41, 5.74) is 3.31. The van der Waals surface area contributed by atoms with Crippen LogP contribution in [0.3, 0.4) is 0 Å². The highest BCUT2D eigenvalue weighted by Crippen LogP contribution is 2.28. The first-order valence-electron chi connectivity index (χ1n) is 7.98. The van der Waals surface area contributed by atoms with E-state index in [1.54, 1.807) is 0 Å². The molecule has 0 saturated carbocycles. The molecular formula is C19H17N3O2S2.